The zero-order chi connectivity index (χ0) is 26.3. The molecule has 0 unspecified atom stereocenters. The highest BCUT2D eigenvalue weighted by molar-refractivity contribution is 14.1. The van der Waals surface area contributed by atoms with E-state index in [0.29, 0.717) is 36.8 Å². The predicted octanol–water partition coefficient (Wildman–Crippen LogP) is 4.98. The van der Waals surface area contributed by atoms with Crippen LogP contribution < -0.4 is 10.2 Å². The lowest BCUT2D eigenvalue weighted by atomic mass is 9.97. The van der Waals surface area contributed by atoms with Crippen LogP contribution in [0.1, 0.15) is 39.2 Å². The molecule has 3 aromatic rings. The maximum atomic E-state index is 13.4. The molecule has 0 saturated carbocycles. The summed E-state index contributed by atoms with van der Waals surface area (Å²) < 4.78 is 34.1. The van der Waals surface area contributed by atoms with Crippen LogP contribution in [0.15, 0.2) is 35.4 Å². The van der Waals surface area contributed by atoms with Crippen molar-refractivity contribution in [3.63, 3.8) is 0 Å². The van der Waals surface area contributed by atoms with E-state index in [2.05, 4.69) is 42.8 Å². The van der Waals surface area contributed by atoms with Gasteiger partial charge in [0.1, 0.15) is 11.4 Å². The molecule has 36 heavy (non-hydrogen) atoms. The summed E-state index contributed by atoms with van der Waals surface area (Å²) in [4.78, 5) is 23.0. The maximum Gasteiger partial charge on any atom is 0.407 e. The van der Waals surface area contributed by atoms with E-state index in [0.717, 1.165) is 22.0 Å². The highest BCUT2D eigenvalue weighted by atomic mass is 127. The second-order valence-electron chi connectivity index (χ2n) is 9.92. The molecule has 2 aromatic heterocycles. The molecule has 1 saturated heterocycles. The molecule has 3 heterocycles. The molecule has 0 atom stereocenters. The van der Waals surface area contributed by atoms with Crippen molar-refractivity contribution in [2.75, 3.05) is 24.5 Å². The molecule has 0 radical (unpaired) electrons. The number of carbonyl (C=O) groups excluding carboxylic acids is 1. The van der Waals surface area contributed by atoms with Gasteiger partial charge in [-0.25, -0.2) is 17.2 Å². The summed E-state index contributed by atoms with van der Waals surface area (Å²) in [5, 5.41) is 3.49. The Kier molecular flexibility index (Phi) is 7.73. The molecular weight excluding hydrogens is 617 g/mol. The molecule has 9 nitrogen and oxygen atoms in total. The normalized spacial score (nSPS) is 15.3. The molecule has 0 aliphatic carbocycles. The van der Waals surface area contributed by atoms with Crippen LogP contribution in [0.4, 0.5) is 10.6 Å². The predicted molar refractivity (Wildman–Crippen MR) is 148 cm³/mol. The van der Waals surface area contributed by atoms with Gasteiger partial charge in [-0.2, -0.15) is 9.97 Å². The van der Waals surface area contributed by atoms with Gasteiger partial charge in [0.05, 0.1) is 10.3 Å². The van der Waals surface area contributed by atoms with Crippen LogP contribution in [0.5, 0.6) is 0 Å². The van der Waals surface area contributed by atoms with E-state index in [9.17, 15) is 13.2 Å². The van der Waals surface area contributed by atoms with Crippen molar-refractivity contribution >= 4 is 67.2 Å². The number of fused-ring (bicyclic) bond motifs is 1. The number of amides is 1. The molecule has 1 aromatic carbocycles. The van der Waals surface area contributed by atoms with E-state index in [1.54, 1.807) is 30.5 Å². The number of alkyl carbamates (subject to hydrolysis) is 1. The van der Waals surface area contributed by atoms with Gasteiger partial charge in [0, 0.05) is 29.4 Å². The summed E-state index contributed by atoms with van der Waals surface area (Å²) in [5.41, 5.74) is 0.688. The molecule has 1 aliphatic heterocycles. The van der Waals surface area contributed by atoms with E-state index in [4.69, 9.17) is 16.3 Å². The van der Waals surface area contributed by atoms with Gasteiger partial charge in [0.2, 0.25) is 5.28 Å². The minimum Gasteiger partial charge on any atom is -0.444 e. The van der Waals surface area contributed by atoms with E-state index in [1.165, 1.54) is 3.97 Å². The molecule has 4 rings (SSSR count). The van der Waals surface area contributed by atoms with Crippen molar-refractivity contribution in [3.05, 3.63) is 44.9 Å². The van der Waals surface area contributed by atoms with Gasteiger partial charge < -0.3 is 15.0 Å². The summed E-state index contributed by atoms with van der Waals surface area (Å²) in [6.45, 7) is 9.31. The molecule has 1 N–H and O–H groups in total. The molecule has 194 valence electrons. The van der Waals surface area contributed by atoms with E-state index < -0.39 is 21.7 Å². The Morgan fingerprint density at radius 1 is 1.19 bits per heavy atom. The number of nitrogens with one attached hydrogen (secondary N) is 1. The number of benzene rings is 1. The lowest BCUT2D eigenvalue weighted by molar-refractivity contribution is 0.0516. The number of piperidine rings is 1. The average Bonchev–Trinajstić information content (AvgIpc) is 3.13. The molecule has 0 spiro atoms. The number of anilines is 1. The zero-order valence-electron chi connectivity index (χ0n) is 20.6. The average molecular weight is 646 g/mol. The standard InChI is InChI=1S/C24H29ClIN5O4S/c1-15-5-7-17(8-6-15)36(33,34)31-14-18(26)19-20(28-22(25)29-21(19)31)30-11-9-16(10-12-30)13-27-23(32)35-24(2,3)4/h5-8,14,16H,9-13H2,1-4H3,(H,27,32). The topological polar surface area (TPSA) is 106 Å². The molecule has 0 bridgehead atoms. The van der Waals surface area contributed by atoms with Crippen LogP contribution in [0.2, 0.25) is 5.28 Å². The van der Waals surface area contributed by atoms with Crippen molar-refractivity contribution < 1.29 is 17.9 Å². The van der Waals surface area contributed by atoms with Gasteiger partial charge in [0.15, 0.2) is 5.65 Å². The smallest absolute Gasteiger partial charge is 0.407 e. The molecule has 1 fully saturated rings. The Balaban J connectivity index is 1.56. The summed E-state index contributed by atoms with van der Waals surface area (Å²) in [5.74, 6) is 0.915. The quantitative estimate of drug-likeness (QED) is 0.308. The van der Waals surface area contributed by atoms with Crippen LogP contribution in [-0.2, 0) is 14.8 Å². The summed E-state index contributed by atoms with van der Waals surface area (Å²) >= 11 is 8.40. The van der Waals surface area contributed by atoms with Gasteiger partial charge in [0.25, 0.3) is 10.0 Å². The van der Waals surface area contributed by atoms with Crippen molar-refractivity contribution in [1.29, 1.82) is 0 Å². The Bertz CT molecular complexity index is 1380. The second kappa shape index (κ2) is 10.3. The first kappa shape index (κ1) is 26.9. The number of halogens is 2. The highest BCUT2D eigenvalue weighted by Gasteiger charge is 2.28. The summed E-state index contributed by atoms with van der Waals surface area (Å²) in [6.07, 6.45) is 2.81. The van der Waals surface area contributed by atoms with E-state index >= 15 is 0 Å². The van der Waals surface area contributed by atoms with E-state index in [1.807, 2.05) is 27.7 Å². The number of ether oxygens (including phenoxy) is 1. The van der Waals surface area contributed by atoms with Gasteiger partial charge in [-0.05, 0) is 92.8 Å². The zero-order valence-corrected chi connectivity index (χ0v) is 24.3. The third kappa shape index (κ3) is 5.88. The SMILES string of the molecule is Cc1ccc(S(=O)(=O)n2cc(I)c3c(N4CCC(CNC(=O)OC(C)(C)C)CC4)nc(Cl)nc32)cc1. The second-order valence-corrected chi connectivity index (χ2v) is 13.2. The first-order valence-electron chi connectivity index (χ1n) is 11.6. The number of hydrogen-bond donors (Lipinski definition) is 1. The first-order valence-corrected chi connectivity index (χ1v) is 14.5. The first-order chi connectivity index (χ1) is 16.8. The third-order valence-corrected chi connectivity index (χ3v) is 8.60. The van der Waals surface area contributed by atoms with Gasteiger partial charge >= 0.3 is 6.09 Å². The Morgan fingerprint density at radius 3 is 2.44 bits per heavy atom. The number of aromatic nitrogens is 3. The van der Waals surface area contributed by atoms with Crippen LogP contribution in [0, 0.1) is 16.4 Å². The molecule has 1 amide bonds. The monoisotopic (exact) mass is 645 g/mol. The third-order valence-electron chi connectivity index (χ3n) is 5.95. The van der Waals surface area contributed by atoms with Crippen molar-refractivity contribution in [3.8, 4) is 0 Å². The van der Waals surface area contributed by atoms with Gasteiger partial charge in [-0.3, -0.25) is 0 Å². The highest BCUT2D eigenvalue weighted by Crippen LogP contribution is 2.35. The fourth-order valence-corrected chi connectivity index (χ4v) is 6.56. The summed E-state index contributed by atoms with van der Waals surface area (Å²) in [6, 6.07) is 6.70. The van der Waals surface area contributed by atoms with E-state index in [-0.39, 0.29) is 15.8 Å². The number of rotatable bonds is 5. The summed E-state index contributed by atoms with van der Waals surface area (Å²) in [7, 11) is -3.87. The largest absolute Gasteiger partial charge is 0.444 e. The van der Waals surface area contributed by atoms with Gasteiger partial charge in [-0.15, -0.1) is 0 Å². The molecular formula is C24H29ClIN5O4S. The Labute approximate surface area is 229 Å². The Morgan fingerprint density at radius 2 is 1.83 bits per heavy atom. The molecule has 1 aliphatic rings. The van der Waals surface area contributed by atoms with Crippen LogP contribution >= 0.6 is 34.2 Å². The van der Waals surface area contributed by atoms with Crippen LogP contribution in [-0.4, -0.2) is 53.7 Å². The lowest BCUT2D eigenvalue weighted by Crippen LogP contribution is -2.40. The van der Waals surface area contributed by atoms with Crippen molar-refractivity contribution in [2.45, 2.75) is 51.0 Å². The number of carbonyl (C=O) groups is 1. The number of aryl methyl sites for hydroxylation is 1. The van der Waals surface area contributed by atoms with Crippen molar-refractivity contribution in [1.82, 2.24) is 19.3 Å². The van der Waals surface area contributed by atoms with Gasteiger partial charge in [-0.1, -0.05) is 17.7 Å². The lowest BCUT2D eigenvalue weighted by Gasteiger charge is -2.33. The molecule has 12 heteroatoms. The minimum absolute atomic E-state index is 0.0129. The number of nitrogens with zero attached hydrogens (tertiary/aromatic N) is 4. The maximum absolute atomic E-state index is 13.4. The van der Waals surface area contributed by atoms with Crippen LogP contribution in [0.3, 0.4) is 0 Å². The fraction of sp³-hybridized carbons (Fsp3) is 0.458. The van der Waals surface area contributed by atoms with Crippen molar-refractivity contribution in [2.24, 2.45) is 5.92 Å². The fourth-order valence-electron chi connectivity index (χ4n) is 4.14. The minimum atomic E-state index is -3.87. The van der Waals surface area contributed by atoms with Crippen LogP contribution in [0.25, 0.3) is 11.0 Å². The Hall–Kier alpha value is -2.12. The number of hydrogen-bond acceptors (Lipinski definition) is 7.